The van der Waals surface area contributed by atoms with Crippen LogP contribution in [-0.2, 0) is 4.74 Å². The molecule has 5 nitrogen and oxygen atoms in total. The van der Waals surface area contributed by atoms with Crippen molar-refractivity contribution in [2.75, 3.05) is 40.3 Å². The molecule has 16 heavy (non-hydrogen) atoms. The van der Waals surface area contributed by atoms with Gasteiger partial charge >= 0.3 is 0 Å². The van der Waals surface area contributed by atoms with Crippen molar-refractivity contribution >= 4 is 5.96 Å². The summed E-state index contributed by atoms with van der Waals surface area (Å²) >= 11 is 0. The lowest BCUT2D eigenvalue weighted by Gasteiger charge is -2.35. The van der Waals surface area contributed by atoms with Gasteiger partial charge in [-0.3, -0.25) is 9.89 Å². The zero-order valence-electron chi connectivity index (χ0n) is 10.2. The molecule has 0 unspecified atom stereocenters. The second-order valence-corrected chi connectivity index (χ2v) is 4.45. The van der Waals surface area contributed by atoms with E-state index in [1.165, 1.54) is 19.4 Å². The number of morpholine rings is 1. The normalized spacial score (nSPS) is 31.2. The lowest BCUT2D eigenvalue weighted by atomic mass is 10.2. The van der Waals surface area contributed by atoms with Crippen LogP contribution in [0.2, 0.25) is 0 Å². The number of rotatable bonds is 2. The maximum Gasteiger partial charge on any atom is 0.190 e. The molecule has 0 saturated carbocycles. The smallest absolute Gasteiger partial charge is 0.190 e. The van der Waals surface area contributed by atoms with Gasteiger partial charge in [0.25, 0.3) is 0 Å². The van der Waals surface area contributed by atoms with E-state index in [0.717, 1.165) is 25.7 Å². The van der Waals surface area contributed by atoms with E-state index in [9.17, 15) is 0 Å². The molecule has 2 fully saturated rings. The Hall–Kier alpha value is -0.810. The second kappa shape index (κ2) is 5.50. The average molecular weight is 226 g/mol. The molecule has 0 aromatic heterocycles. The second-order valence-electron chi connectivity index (χ2n) is 4.45. The highest BCUT2D eigenvalue weighted by molar-refractivity contribution is 5.79. The third-order valence-corrected chi connectivity index (χ3v) is 3.42. The Kier molecular flexibility index (Phi) is 4.01. The Morgan fingerprint density at radius 2 is 2.44 bits per heavy atom. The molecule has 0 aliphatic carbocycles. The van der Waals surface area contributed by atoms with Gasteiger partial charge in [0.1, 0.15) is 0 Å². The van der Waals surface area contributed by atoms with Crippen molar-refractivity contribution in [1.82, 2.24) is 15.5 Å². The van der Waals surface area contributed by atoms with Crippen LogP contribution in [0.5, 0.6) is 0 Å². The largest absolute Gasteiger partial charge is 0.373 e. The summed E-state index contributed by atoms with van der Waals surface area (Å²) in [4.78, 5) is 6.64. The topological polar surface area (TPSA) is 48.9 Å². The maximum atomic E-state index is 5.84. The highest BCUT2D eigenvalue weighted by Crippen LogP contribution is 2.22. The van der Waals surface area contributed by atoms with Crippen molar-refractivity contribution in [2.24, 2.45) is 4.99 Å². The van der Waals surface area contributed by atoms with Gasteiger partial charge in [-0.1, -0.05) is 0 Å². The first-order valence-corrected chi connectivity index (χ1v) is 6.07. The molecule has 0 amide bonds. The van der Waals surface area contributed by atoms with Gasteiger partial charge < -0.3 is 15.4 Å². The van der Waals surface area contributed by atoms with Crippen molar-refractivity contribution in [2.45, 2.75) is 25.0 Å². The summed E-state index contributed by atoms with van der Waals surface area (Å²) in [6.45, 7) is 4.02. The SMILES string of the molecule is CN=C(NC)NC[C@@H]1CN2CCC[C@@H]2CO1. The molecule has 2 aliphatic heterocycles. The molecule has 92 valence electrons. The molecule has 2 N–H and O–H groups in total. The van der Waals surface area contributed by atoms with Gasteiger partial charge in [-0.25, -0.2) is 0 Å². The Morgan fingerprint density at radius 3 is 3.19 bits per heavy atom. The standard InChI is InChI=1S/C11H22N4O/c1-12-11(13-2)14-6-10-7-15-5-3-4-9(15)8-16-10/h9-10H,3-8H2,1-2H3,(H2,12,13,14)/t9-,10-/m1/s1. The highest BCUT2D eigenvalue weighted by atomic mass is 16.5. The van der Waals surface area contributed by atoms with E-state index >= 15 is 0 Å². The minimum Gasteiger partial charge on any atom is -0.373 e. The summed E-state index contributed by atoms with van der Waals surface area (Å²) in [5.41, 5.74) is 0. The van der Waals surface area contributed by atoms with Crippen molar-refractivity contribution in [1.29, 1.82) is 0 Å². The molecule has 2 saturated heterocycles. The van der Waals surface area contributed by atoms with E-state index in [2.05, 4.69) is 20.5 Å². The van der Waals surface area contributed by atoms with E-state index in [0.29, 0.717) is 12.1 Å². The first-order valence-electron chi connectivity index (χ1n) is 6.07. The van der Waals surface area contributed by atoms with Gasteiger partial charge in [0, 0.05) is 33.2 Å². The van der Waals surface area contributed by atoms with Gasteiger partial charge in [-0.15, -0.1) is 0 Å². The number of hydrogen-bond acceptors (Lipinski definition) is 3. The van der Waals surface area contributed by atoms with Crippen molar-refractivity contribution in [3.8, 4) is 0 Å². The number of hydrogen-bond donors (Lipinski definition) is 2. The van der Waals surface area contributed by atoms with Crippen LogP contribution in [0.4, 0.5) is 0 Å². The molecule has 0 bridgehead atoms. The summed E-state index contributed by atoms with van der Waals surface area (Å²) in [5, 5.41) is 6.26. The van der Waals surface area contributed by atoms with Gasteiger partial charge in [0.05, 0.1) is 12.7 Å². The molecule has 2 atom stereocenters. The van der Waals surface area contributed by atoms with Crippen molar-refractivity contribution in [3.05, 3.63) is 0 Å². The highest BCUT2D eigenvalue weighted by Gasteiger charge is 2.31. The first kappa shape index (κ1) is 11.7. The summed E-state index contributed by atoms with van der Waals surface area (Å²) in [6, 6.07) is 0.680. The predicted octanol–water partition coefficient (Wildman–Crippen LogP) is -0.356. The molecule has 0 radical (unpaired) electrons. The minimum atomic E-state index is 0.291. The molecule has 0 aromatic carbocycles. The van der Waals surface area contributed by atoms with Crippen LogP contribution in [0.25, 0.3) is 0 Å². The number of guanidine groups is 1. The Balaban J connectivity index is 1.75. The molecule has 2 aliphatic rings. The molecule has 2 rings (SSSR count). The van der Waals surface area contributed by atoms with Crippen LogP contribution in [0.3, 0.4) is 0 Å². The van der Waals surface area contributed by atoms with E-state index < -0.39 is 0 Å². The lowest BCUT2D eigenvalue weighted by Crippen LogP contribution is -2.51. The zero-order valence-corrected chi connectivity index (χ0v) is 10.2. The van der Waals surface area contributed by atoms with Crippen molar-refractivity contribution < 1.29 is 4.74 Å². The fourth-order valence-electron chi connectivity index (χ4n) is 2.50. The molecular formula is C11H22N4O. The van der Waals surface area contributed by atoms with Crippen LogP contribution >= 0.6 is 0 Å². The number of fused-ring (bicyclic) bond motifs is 1. The van der Waals surface area contributed by atoms with Crippen LogP contribution in [0, 0.1) is 0 Å². The Labute approximate surface area is 97.2 Å². The Morgan fingerprint density at radius 1 is 1.56 bits per heavy atom. The Bertz CT molecular complexity index is 256. The third kappa shape index (κ3) is 2.65. The average Bonchev–Trinajstić information content (AvgIpc) is 2.77. The summed E-state index contributed by atoms with van der Waals surface area (Å²) in [7, 11) is 3.64. The van der Waals surface area contributed by atoms with E-state index in [-0.39, 0.29) is 0 Å². The van der Waals surface area contributed by atoms with Crippen LogP contribution in [0.1, 0.15) is 12.8 Å². The fourth-order valence-corrected chi connectivity index (χ4v) is 2.50. The first-order chi connectivity index (χ1) is 7.83. The third-order valence-electron chi connectivity index (χ3n) is 3.42. The summed E-state index contributed by atoms with van der Waals surface area (Å²) in [5.74, 6) is 0.826. The van der Waals surface area contributed by atoms with E-state index in [1.54, 1.807) is 7.05 Å². The summed E-state index contributed by atoms with van der Waals surface area (Å²) < 4.78 is 5.84. The zero-order chi connectivity index (χ0) is 11.4. The lowest BCUT2D eigenvalue weighted by molar-refractivity contribution is -0.0452. The van der Waals surface area contributed by atoms with Gasteiger partial charge in [-0.2, -0.15) is 0 Å². The number of ether oxygens (including phenoxy) is 1. The van der Waals surface area contributed by atoms with Crippen LogP contribution < -0.4 is 10.6 Å². The maximum absolute atomic E-state index is 5.84. The van der Waals surface area contributed by atoms with Gasteiger partial charge in [0.2, 0.25) is 0 Å². The molecular weight excluding hydrogens is 204 g/mol. The molecule has 0 spiro atoms. The number of nitrogens with zero attached hydrogens (tertiary/aromatic N) is 2. The summed E-state index contributed by atoms with van der Waals surface area (Å²) in [6.07, 6.45) is 2.92. The van der Waals surface area contributed by atoms with Gasteiger partial charge in [0.15, 0.2) is 5.96 Å². The monoisotopic (exact) mass is 226 g/mol. The van der Waals surface area contributed by atoms with Crippen LogP contribution in [-0.4, -0.2) is 63.3 Å². The minimum absolute atomic E-state index is 0.291. The van der Waals surface area contributed by atoms with Crippen molar-refractivity contribution in [3.63, 3.8) is 0 Å². The molecule has 5 heteroatoms. The van der Waals surface area contributed by atoms with E-state index in [4.69, 9.17) is 4.74 Å². The quantitative estimate of drug-likeness (QED) is 0.499. The van der Waals surface area contributed by atoms with Gasteiger partial charge in [-0.05, 0) is 19.4 Å². The number of aliphatic imine (C=N–C) groups is 1. The predicted molar refractivity (Wildman–Crippen MR) is 64.8 cm³/mol. The number of nitrogens with one attached hydrogen (secondary N) is 2. The van der Waals surface area contributed by atoms with Crippen LogP contribution in [0.15, 0.2) is 4.99 Å². The van der Waals surface area contributed by atoms with E-state index in [1.807, 2.05) is 7.05 Å². The molecule has 2 heterocycles. The molecule has 0 aromatic rings. The fraction of sp³-hybridized carbons (Fsp3) is 0.909.